The lowest BCUT2D eigenvalue weighted by molar-refractivity contribution is -0.0736. The highest BCUT2D eigenvalue weighted by molar-refractivity contribution is 5.54. The summed E-state index contributed by atoms with van der Waals surface area (Å²) in [5, 5.41) is 0. The van der Waals surface area contributed by atoms with E-state index in [0.29, 0.717) is 6.61 Å². The fourth-order valence-electron chi connectivity index (χ4n) is 1.01. The van der Waals surface area contributed by atoms with Gasteiger partial charge in [0, 0.05) is 13.3 Å². The third-order valence-corrected chi connectivity index (χ3v) is 1.39. The number of hydrogen-bond acceptors (Lipinski definition) is 4. The zero-order chi connectivity index (χ0) is 11.9. The summed E-state index contributed by atoms with van der Waals surface area (Å²) in [6.07, 6.45) is 1.58. The first-order valence-corrected chi connectivity index (χ1v) is 4.63. The van der Waals surface area contributed by atoms with Crippen molar-refractivity contribution in [2.24, 2.45) is 4.99 Å². The first-order valence-electron chi connectivity index (χ1n) is 4.63. The maximum Gasteiger partial charge on any atom is 0.279 e. The number of rotatable bonds is 7. The molecule has 0 radical (unpaired) electrons. The molecular formula is C11H19NO3. The molecule has 0 N–H and O–H groups in total. The molecular weight excluding hydrogens is 194 g/mol. The first-order chi connectivity index (χ1) is 6.91. The molecule has 0 spiro atoms. The number of methoxy groups -OCH3 is 1. The topological polar surface area (TPSA) is 40.0 Å². The van der Waals surface area contributed by atoms with E-state index in [1.807, 2.05) is 13.8 Å². The Hall–Kier alpha value is -1.29. The lowest BCUT2D eigenvalue weighted by Crippen LogP contribution is -2.30. The highest BCUT2D eigenvalue weighted by Gasteiger charge is 2.20. The molecule has 0 aliphatic carbocycles. The van der Waals surface area contributed by atoms with Crippen molar-refractivity contribution >= 4 is 6.21 Å². The van der Waals surface area contributed by atoms with Crippen molar-refractivity contribution in [1.82, 2.24) is 0 Å². The van der Waals surface area contributed by atoms with Crippen LogP contribution < -0.4 is 0 Å². The maximum absolute atomic E-state index is 5.42. The van der Waals surface area contributed by atoms with Crippen LogP contribution in [0.4, 0.5) is 0 Å². The molecule has 0 aromatic carbocycles. The minimum Gasteiger partial charge on any atom is -0.457 e. The van der Waals surface area contributed by atoms with Gasteiger partial charge in [-0.05, 0) is 33.9 Å². The van der Waals surface area contributed by atoms with Crippen LogP contribution in [0.2, 0.25) is 0 Å². The predicted octanol–water partition coefficient (Wildman–Crippen LogP) is 2.48. The second kappa shape index (κ2) is 6.24. The van der Waals surface area contributed by atoms with Gasteiger partial charge in [-0.2, -0.15) is 0 Å². The average Bonchev–Trinajstić information content (AvgIpc) is 2.01. The van der Waals surface area contributed by atoms with Crippen molar-refractivity contribution in [2.75, 3.05) is 13.7 Å². The lowest BCUT2D eigenvalue weighted by atomic mass is 10.1. The summed E-state index contributed by atoms with van der Waals surface area (Å²) in [4.78, 5) is 3.83. The van der Waals surface area contributed by atoms with E-state index < -0.39 is 5.60 Å². The molecule has 0 heterocycles. The van der Waals surface area contributed by atoms with Crippen molar-refractivity contribution in [3.63, 3.8) is 0 Å². The van der Waals surface area contributed by atoms with E-state index in [2.05, 4.69) is 18.2 Å². The molecule has 15 heavy (non-hydrogen) atoms. The molecule has 0 rings (SSSR count). The summed E-state index contributed by atoms with van der Waals surface area (Å²) in [5.74, 6) is 0.406. The zero-order valence-electron chi connectivity index (χ0n) is 9.87. The Morgan fingerprint density at radius 3 is 2.47 bits per heavy atom. The summed E-state index contributed by atoms with van der Waals surface area (Å²) in [6.45, 7) is 13.1. The molecule has 4 heteroatoms. The molecule has 0 atom stereocenters. The van der Waals surface area contributed by atoms with Gasteiger partial charge in [0.2, 0.25) is 5.88 Å². The van der Waals surface area contributed by atoms with Crippen LogP contribution in [0.25, 0.3) is 0 Å². The monoisotopic (exact) mass is 213 g/mol. The van der Waals surface area contributed by atoms with Crippen LogP contribution in [0, 0.1) is 0 Å². The maximum atomic E-state index is 5.42. The summed E-state index contributed by atoms with van der Waals surface area (Å²) in [5.41, 5.74) is -0.484. The standard InChI is InChI=1S/C11H19NO3/c1-7-12-9(2)14-10(3)15-11(4,5)8-13-6/h7H,2-3,8H2,1,4-6H3. The second-order valence-electron chi connectivity index (χ2n) is 3.55. The smallest absolute Gasteiger partial charge is 0.279 e. The molecule has 4 nitrogen and oxygen atoms in total. The Balaban J connectivity index is 4.08. The van der Waals surface area contributed by atoms with Gasteiger partial charge in [0.15, 0.2) is 0 Å². The lowest BCUT2D eigenvalue weighted by Gasteiger charge is -2.25. The Labute approximate surface area is 91.2 Å². The van der Waals surface area contributed by atoms with Gasteiger partial charge < -0.3 is 14.2 Å². The van der Waals surface area contributed by atoms with Crippen molar-refractivity contribution in [1.29, 1.82) is 0 Å². The van der Waals surface area contributed by atoms with Crippen LogP contribution in [0.1, 0.15) is 20.8 Å². The van der Waals surface area contributed by atoms with Crippen LogP contribution in [-0.2, 0) is 14.2 Å². The van der Waals surface area contributed by atoms with Gasteiger partial charge >= 0.3 is 0 Å². The number of hydrogen-bond donors (Lipinski definition) is 0. The highest BCUT2D eigenvalue weighted by atomic mass is 16.7. The van der Waals surface area contributed by atoms with E-state index in [1.165, 1.54) is 0 Å². The van der Waals surface area contributed by atoms with E-state index in [-0.39, 0.29) is 11.8 Å². The molecule has 0 saturated heterocycles. The second-order valence-corrected chi connectivity index (χ2v) is 3.55. The number of nitrogens with zero attached hydrogens (tertiary/aromatic N) is 1. The summed E-state index contributed by atoms with van der Waals surface area (Å²) in [7, 11) is 1.61. The van der Waals surface area contributed by atoms with Crippen molar-refractivity contribution in [3.05, 3.63) is 25.0 Å². The summed E-state index contributed by atoms with van der Waals surface area (Å²) in [6, 6.07) is 0. The van der Waals surface area contributed by atoms with Crippen molar-refractivity contribution in [3.8, 4) is 0 Å². The minimum absolute atomic E-state index is 0.160. The zero-order valence-corrected chi connectivity index (χ0v) is 9.87. The molecule has 0 bridgehead atoms. The molecule has 0 aromatic rings. The Kier molecular flexibility index (Phi) is 5.70. The van der Waals surface area contributed by atoms with Gasteiger partial charge in [0.25, 0.3) is 5.95 Å². The van der Waals surface area contributed by atoms with Gasteiger partial charge in [-0.1, -0.05) is 0 Å². The Morgan fingerprint density at radius 2 is 2.00 bits per heavy atom. The molecule has 0 saturated carbocycles. The minimum atomic E-state index is -0.484. The van der Waals surface area contributed by atoms with E-state index in [1.54, 1.807) is 20.2 Å². The normalized spacial score (nSPS) is 11.5. The van der Waals surface area contributed by atoms with E-state index in [0.717, 1.165) is 0 Å². The van der Waals surface area contributed by atoms with Crippen molar-refractivity contribution in [2.45, 2.75) is 26.4 Å². The third kappa shape index (κ3) is 6.74. The number of aliphatic imine (C=N–C) groups is 1. The Morgan fingerprint density at radius 1 is 1.40 bits per heavy atom. The van der Waals surface area contributed by atoms with Crippen LogP contribution in [0.5, 0.6) is 0 Å². The molecule has 0 aromatic heterocycles. The Bertz CT molecular complexity index is 257. The van der Waals surface area contributed by atoms with Crippen LogP contribution in [0.15, 0.2) is 30.0 Å². The van der Waals surface area contributed by atoms with Gasteiger partial charge in [-0.25, -0.2) is 4.99 Å². The van der Waals surface area contributed by atoms with Gasteiger partial charge in [0.1, 0.15) is 5.60 Å². The molecule has 0 aliphatic rings. The van der Waals surface area contributed by atoms with Gasteiger partial charge in [0.05, 0.1) is 6.61 Å². The SMILES string of the molecule is C=C(N=CC)OC(=C)OC(C)(C)COC. The van der Waals surface area contributed by atoms with Gasteiger partial charge in [-0.15, -0.1) is 0 Å². The summed E-state index contributed by atoms with van der Waals surface area (Å²) >= 11 is 0. The van der Waals surface area contributed by atoms with Crippen LogP contribution in [0.3, 0.4) is 0 Å². The molecule has 0 fully saturated rings. The fraction of sp³-hybridized carbons (Fsp3) is 0.545. The largest absolute Gasteiger partial charge is 0.457 e. The summed E-state index contributed by atoms with van der Waals surface area (Å²) < 4.78 is 15.5. The average molecular weight is 213 g/mol. The van der Waals surface area contributed by atoms with E-state index in [4.69, 9.17) is 14.2 Å². The van der Waals surface area contributed by atoms with Crippen LogP contribution in [-0.4, -0.2) is 25.5 Å². The third-order valence-electron chi connectivity index (χ3n) is 1.39. The van der Waals surface area contributed by atoms with Gasteiger partial charge in [-0.3, -0.25) is 0 Å². The molecule has 86 valence electrons. The fourth-order valence-corrected chi connectivity index (χ4v) is 1.01. The van der Waals surface area contributed by atoms with E-state index in [9.17, 15) is 0 Å². The molecule has 0 unspecified atom stereocenters. The number of ether oxygens (including phenoxy) is 3. The first kappa shape index (κ1) is 13.7. The molecule has 0 amide bonds. The predicted molar refractivity (Wildman–Crippen MR) is 60.6 cm³/mol. The quantitative estimate of drug-likeness (QED) is 0.482. The van der Waals surface area contributed by atoms with E-state index >= 15 is 0 Å². The van der Waals surface area contributed by atoms with Crippen LogP contribution >= 0.6 is 0 Å². The highest BCUT2D eigenvalue weighted by Crippen LogP contribution is 2.16. The van der Waals surface area contributed by atoms with Crippen molar-refractivity contribution < 1.29 is 14.2 Å². The molecule has 0 aliphatic heterocycles.